The van der Waals surface area contributed by atoms with Crippen LogP contribution in [0.5, 0.6) is 0 Å². The normalized spacial score (nSPS) is 28.4. The first-order valence-electron chi connectivity index (χ1n) is 7.53. The second kappa shape index (κ2) is 5.93. The Bertz CT molecular complexity index is 351. The molecule has 4 heteroatoms. The van der Waals surface area contributed by atoms with E-state index in [9.17, 15) is 14.7 Å². The second-order valence-electron chi connectivity index (χ2n) is 6.34. The van der Waals surface area contributed by atoms with E-state index in [0.717, 1.165) is 25.7 Å². The number of hydrogen-bond acceptors (Lipinski definition) is 2. The van der Waals surface area contributed by atoms with Crippen molar-refractivity contribution in [3.8, 4) is 0 Å². The van der Waals surface area contributed by atoms with Crippen molar-refractivity contribution in [3.05, 3.63) is 0 Å². The van der Waals surface area contributed by atoms with Gasteiger partial charge in [-0.3, -0.25) is 9.59 Å². The third kappa shape index (κ3) is 3.48. The molecule has 1 heterocycles. The van der Waals surface area contributed by atoms with Crippen LogP contribution < -0.4 is 0 Å². The fourth-order valence-corrected chi connectivity index (χ4v) is 3.32. The maximum atomic E-state index is 12.2. The van der Waals surface area contributed by atoms with Crippen LogP contribution in [0.25, 0.3) is 0 Å². The summed E-state index contributed by atoms with van der Waals surface area (Å²) in [4.78, 5) is 25.3. The molecular formula is C15H25NO3. The third-order valence-corrected chi connectivity index (χ3v) is 4.57. The summed E-state index contributed by atoms with van der Waals surface area (Å²) in [5.41, 5.74) is 0. The minimum absolute atomic E-state index is 0.148. The lowest BCUT2D eigenvalue weighted by molar-refractivity contribution is -0.142. The Balaban J connectivity index is 1.91. The number of carbonyl (C=O) groups is 2. The van der Waals surface area contributed by atoms with Crippen molar-refractivity contribution >= 4 is 11.9 Å². The van der Waals surface area contributed by atoms with Gasteiger partial charge in [-0.05, 0) is 30.6 Å². The Morgan fingerprint density at radius 3 is 2.53 bits per heavy atom. The lowest BCUT2D eigenvalue weighted by Crippen LogP contribution is -2.31. The highest BCUT2D eigenvalue weighted by Gasteiger charge is 2.46. The van der Waals surface area contributed by atoms with Gasteiger partial charge in [-0.2, -0.15) is 0 Å². The molecule has 1 saturated heterocycles. The number of carbonyl (C=O) groups excluding carboxylic acids is 1. The van der Waals surface area contributed by atoms with Gasteiger partial charge in [-0.15, -0.1) is 0 Å². The molecule has 1 amide bonds. The zero-order valence-corrected chi connectivity index (χ0v) is 12.0. The average molecular weight is 267 g/mol. The minimum Gasteiger partial charge on any atom is -0.481 e. The Labute approximate surface area is 115 Å². The van der Waals surface area contributed by atoms with Crippen LogP contribution >= 0.6 is 0 Å². The van der Waals surface area contributed by atoms with E-state index in [1.54, 1.807) is 4.90 Å². The highest BCUT2D eigenvalue weighted by molar-refractivity contribution is 5.79. The molecule has 2 fully saturated rings. The van der Waals surface area contributed by atoms with E-state index in [1.807, 2.05) is 0 Å². The average Bonchev–Trinajstić information content (AvgIpc) is 3.07. The summed E-state index contributed by atoms with van der Waals surface area (Å²) in [7, 11) is 0. The van der Waals surface area contributed by atoms with Gasteiger partial charge in [-0.1, -0.05) is 26.7 Å². The number of hydrogen-bond donors (Lipinski definition) is 1. The maximum absolute atomic E-state index is 12.2. The fraction of sp³-hybridized carbons (Fsp3) is 0.867. The van der Waals surface area contributed by atoms with E-state index in [4.69, 9.17) is 0 Å². The predicted octanol–water partition coefficient (Wildman–Crippen LogP) is 2.38. The van der Waals surface area contributed by atoms with Crippen LogP contribution in [0, 0.1) is 23.7 Å². The van der Waals surface area contributed by atoms with Crippen LogP contribution in [0.2, 0.25) is 0 Å². The molecule has 1 saturated carbocycles. The molecule has 0 aromatic rings. The van der Waals surface area contributed by atoms with Gasteiger partial charge in [0.15, 0.2) is 0 Å². The number of aliphatic carboxylic acids is 1. The quantitative estimate of drug-likeness (QED) is 0.804. The summed E-state index contributed by atoms with van der Waals surface area (Å²) in [6.45, 7) is 5.32. The first kappa shape index (κ1) is 14.4. The molecule has 2 aliphatic rings. The van der Waals surface area contributed by atoms with Gasteiger partial charge in [0.1, 0.15) is 0 Å². The number of rotatable bonds is 6. The molecule has 1 unspecified atom stereocenters. The molecular weight excluding hydrogens is 242 g/mol. The van der Waals surface area contributed by atoms with Gasteiger partial charge in [0.2, 0.25) is 5.91 Å². The smallest absolute Gasteiger partial charge is 0.308 e. The number of amides is 1. The first-order chi connectivity index (χ1) is 9.02. The molecule has 1 aliphatic heterocycles. The molecule has 1 N–H and O–H groups in total. The molecule has 1 aliphatic carbocycles. The lowest BCUT2D eigenvalue weighted by atomic mass is 9.92. The van der Waals surface area contributed by atoms with Crippen molar-refractivity contribution in [1.29, 1.82) is 0 Å². The summed E-state index contributed by atoms with van der Waals surface area (Å²) in [6.07, 6.45) is 5.01. The highest BCUT2D eigenvalue weighted by atomic mass is 16.4. The van der Waals surface area contributed by atoms with Crippen molar-refractivity contribution < 1.29 is 14.7 Å². The Morgan fingerprint density at radius 1 is 1.32 bits per heavy atom. The molecule has 108 valence electrons. The summed E-state index contributed by atoms with van der Waals surface area (Å²) < 4.78 is 0. The Kier molecular flexibility index (Phi) is 4.48. The molecule has 2 rings (SSSR count). The van der Waals surface area contributed by atoms with Crippen molar-refractivity contribution in [1.82, 2.24) is 4.90 Å². The first-order valence-corrected chi connectivity index (χ1v) is 7.53. The van der Waals surface area contributed by atoms with Crippen molar-refractivity contribution in [2.24, 2.45) is 23.7 Å². The standard InChI is InChI=1S/C15H25NO3/c1-3-4-10(2)7-14(17)16-8-12(11-5-6-11)13(9-16)15(18)19/h10-13H,3-9H2,1-2H3,(H,18,19)/t10?,12-,13+/m1/s1. The topological polar surface area (TPSA) is 57.6 Å². The Hall–Kier alpha value is -1.06. The van der Waals surface area contributed by atoms with Gasteiger partial charge >= 0.3 is 5.97 Å². The van der Waals surface area contributed by atoms with E-state index in [1.165, 1.54) is 0 Å². The summed E-state index contributed by atoms with van der Waals surface area (Å²) >= 11 is 0. The van der Waals surface area contributed by atoms with E-state index in [-0.39, 0.29) is 17.7 Å². The van der Waals surface area contributed by atoms with Crippen molar-refractivity contribution in [2.75, 3.05) is 13.1 Å². The molecule has 0 radical (unpaired) electrons. The molecule has 0 aromatic heterocycles. The molecule has 4 nitrogen and oxygen atoms in total. The van der Waals surface area contributed by atoms with Gasteiger partial charge in [-0.25, -0.2) is 0 Å². The van der Waals surface area contributed by atoms with E-state index < -0.39 is 5.97 Å². The van der Waals surface area contributed by atoms with Gasteiger partial charge in [0.25, 0.3) is 0 Å². The van der Waals surface area contributed by atoms with Crippen LogP contribution in [0.4, 0.5) is 0 Å². The fourth-order valence-electron chi connectivity index (χ4n) is 3.32. The van der Waals surface area contributed by atoms with Gasteiger partial charge in [0.05, 0.1) is 5.92 Å². The maximum Gasteiger partial charge on any atom is 0.308 e. The van der Waals surface area contributed by atoms with Crippen LogP contribution in [0.3, 0.4) is 0 Å². The van der Waals surface area contributed by atoms with E-state index in [2.05, 4.69) is 13.8 Å². The van der Waals surface area contributed by atoms with Gasteiger partial charge in [0, 0.05) is 19.5 Å². The Morgan fingerprint density at radius 2 is 2.00 bits per heavy atom. The second-order valence-corrected chi connectivity index (χ2v) is 6.34. The number of likely N-dealkylation sites (tertiary alicyclic amines) is 1. The number of carboxylic acid groups (broad SMARTS) is 1. The van der Waals surface area contributed by atoms with Crippen molar-refractivity contribution in [2.45, 2.75) is 46.0 Å². The summed E-state index contributed by atoms with van der Waals surface area (Å²) in [5, 5.41) is 9.29. The SMILES string of the molecule is CCCC(C)CC(=O)N1C[C@H](C(=O)O)[C@@H](C2CC2)C1. The zero-order valence-electron chi connectivity index (χ0n) is 12.0. The number of nitrogens with zero attached hydrogens (tertiary/aromatic N) is 1. The monoisotopic (exact) mass is 267 g/mol. The largest absolute Gasteiger partial charge is 0.481 e. The van der Waals surface area contributed by atoms with E-state index >= 15 is 0 Å². The zero-order chi connectivity index (χ0) is 14.0. The van der Waals surface area contributed by atoms with Gasteiger partial charge < -0.3 is 10.0 Å². The summed E-state index contributed by atoms with van der Waals surface area (Å²) in [6, 6.07) is 0. The van der Waals surface area contributed by atoms with Crippen LogP contribution in [-0.2, 0) is 9.59 Å². The molecule has 0 spiro atoms. The van der Waals surface area contributed by atoms with Crippen LogP contribution in [0.1, 0.15) is 46.0 Å². The van der Waals surface area contributed by atoms with E-state index in [0.29, 0.717) is 31.3 Å². The highest BCUT2D eigenvalue weighted by Crippen LogP contribution is 2.44. The van der Waals surface area contributed by atoms with Crippen molar-refractivity contribution in [3.63, 3.8) is 0 Å². The molecule has 0 bridgehead atoms. The third-order valence-electron chi connectivity index (χ3n) is 4.57. The molecule has 19 heavy (non-hydrogen) atoms. The predicted molar refractivity (Wildman–Crippen MR) is 72.6 cm³/mol. The van der Waals surface area contributed by atoms with Crippen LogP contribution in [-0.4, -0.2) is 35.0 Å². The minimum atomic E-state index is -0.728. The summed E-state index contributed by atoms with van der Waals surface area (Å²) in [5.74, 6) is 0.234. The van der Waals surface area contributed by atoms with Crippen LogP contribution in [0.15, 0.2) is 0 Å². The number of carboxylic acids is 1. The molecule has 0 aromatic carbocycles. The lowest BCUT2D eigenvalue weighted by Gasteiger charge is -2.18. The molecule has 3 atom stereocenters.